The molecule has 0 amide bonds. The van der Waals surface area contributed by atoms with Crippen LogP contribution in [0.4, 0.5) is 0 Å². The molecule has 1 spiro atoms. The van der Waals surface area contributed by atoms with Gasteiger partial charge in [-0.3, -0.25) is 0 Å². The van der Waals surface area contributed by atoms with Crippen LogP contribution in [-0.4, -0.2) is 0 Å². The fraction of sp³-hybridized carbons (Fsp3) is 0.118. The van der Waals surface area contributed by atoms with Crippen molar-refractivity contribution >= 4 is 0 Å². The van der Waals surface area contributed by atoms with Crippen molar-refractivity contribution in [1.82, 2.24) is 0 Å². The standard InChI is InChI=1S/C32H22.C2H6/c1-21-11-10-17-27-26-16-6-9-20-30(26)32(31(21)27)28-18-7-4-14-24(28)22-12-2-3-13-23(22)25-15-5-8-19-29(25)32;1-2/h2-20H,1H3;1-2H3. The fourth-order valence-electron chi connectivity index (χ4n) is 6.32. The molecule has 0 N–H and O–H groups in total. The van der Waals surface area contributed by atoms with Crippen molar-refractivity contribution in [3.8, 4) is 33.4 Å². The summed E-state index contributed by atoms with van der Waals surface area (Å²) in [5.41, 5.74) is 14.5. The van der Waals surface area contributed by atoms with Gasteiger partial charge in [0.2, 0.25) is 0 Å². The van der Waals surface area contributed by atoms with E-state index in [0.717, 1.165) is 0 Å². The Morgan fingerprint density at radius 1 is 0.382 bits per heavy atom. The Hall–Kier alpha value is -3.90. The maximum Gasteiger partial charge on any atom is 0.0728 e. The molecule has 0 saturated heterocycles. The zero-order chi connectivity index (χ0) is 23.3. The van der Waals surface area contributed by atoms with E-state index in [1.807, 2.05) is 13.8 Å². The summed E-state index contributed by atoms with van der Waals surface area (Å²) in [5, 5.41) is 0. The highest BCUT2D eigenvalue weighted by Crippen LogP contribution is 2.61. The van der Waals surface area contributed by atoms with Gasteiger partial charge in [0.05, 0.1) is 5.41 Å². The molecule has 0 nitrogen and oxygen atoms in total. The first-order chi connectivity index (χ1) is 16.8. The minimum atomic E-state index is -0.344. The summed E-state index contributed by atoms with van der Waals surface area (Å²) < 4.78 is 0. The summed E-state index contributed by atoms with van der Waals surface area (Å²) in [4.78, 5) is 0. The first-order valence-electron chi connectivity index (χ1n) is 12.3. The first kappa shape index (κ1) is 20.7. The molecule has 0 atom stereocenters. The Morgan fingerprint density at radius 2 is 0.735 bits per heavy atom. The smallest absolute Gasteiger partial charge is 0.0683 e. The minimum absolute atomic E-state index is 0.344. The van der Waals surface area contributed by atoms with E-state index in [-0.39, 0.29) is 5.41 Å². The monoisotopic (exact) mass is 436 g/mol. The molecule has 7 rings (SSSR count). The van der Waals surface area contributed by atoms with Crippen molar-refractivity contribution in [3.05, 3.63) is 143 Å². The second kappa shape index (κ2) is 7.85. The molecule has 0 unspecified atom stereocenters. The third-order valence-electron chi connectivity index (χ3n) is 7.44. The highest BCUT2D eigenvalue weighted by molar-refractivity contribution is 5.97. The average molecular weight is 437 g/mol. The van der Waals surface area contributed by atoms with Crippen molar-refractivity contribution in [2.75, 3.05) is 0 Å². The van der Waals surface area contributed by atoms with Crippen LogP contribution in [-0.2, 0) is 5.41 Å². The second-order valence-electron chi connectivity index (χ2n) is 8.93. The largest absolute Gasteiger partial charge is 0.0728 e. The van der Waals surface area contributed by atoms with Gasteiger partial charge < -0.3 is 0 Å². The lowest BCUT2D eigenvalue weighted by molar-refractivity contribution is 0.768. The molecule has 5 aromatic carbocycles. The van der Waals surface area contributed by atoms with Crippen LogP contribution < -0.4 is 0 Å². The van der Waals surface area contributed by atoms with Crippen molar-refractivity contribution in [1.29, 1.82) is 0 Å². The fourth-order valence-corrected chi connectivity index (χ4v) is 6.32. The lowest BCUT2D eigenvalue weighted by atomic mass is 9.65. The van der Waals surface area contributed by atoms with Crippen LogP contribution in [0.3, 0.4) is 0 Å². The molecule has 0 heteroatoms. The number of hydrogen-bond donors (Lipinski definition) is 0. The van der Waals surface area contributed by atoms with Gasteiger partial charge >= 0.3 is 0 Å². The molecule has 0 aromatic heterocycles. The number of aryl methyl sites for hydroxylation is 1. The van der Waals surface area contributed by atoms with E-state index >= 15 is 0 Å². The van der Waals surface area contributed by atoms with Gasteiger partial charge in [0.1, 0.15) is 0 Å². The summed E-state index contributed by atoms with van der Waals surface area (Å²) >= 11 is 0. The molecule has 5 aromatic rings. The Labute approximate surface area is 202 Å². The van der Waals surface area contributed by atoms with Crippen molar-refractivity contribution < 1.29 is 0 Å². The topological polar surface area (TPSA) is 0 Å². The van der Waals surface area contributed by atoms with Gasteiger partial charge in [-0.05, 0) is 68.1 Å². The molecule has 0 saturated carbocycles. The molecular formula is C34H28. The Kier molecular flexibility index (Phi) is 4.78. The van der Waals surface area contributed by atoms with E-state index < -0.39 is 0 Å². The number of benzene rings is 5. The van der Waals surface area contributed by atoms with Gasteiger partial charge in [0.25, 0.3) is 0 Å². The van der Waals surface area contributed by atoms with Crippen LogP contribution in [0.15, 0.2) is 115 Å². The Morgan fingerprint density at radius 3 is 1.21 bits per heavy atom. The zero-order valence-electron chi connectivity index (χ0n) is 20.0. The van der Waals surface area contributed by atoms with Crippen LogP contribution >= 0.6 is 0 Å². The highest BCUT2D eigenvalue weighted by Gasteiger charge is 2.50. The van der Waals surface area contributed by atoms with Crippen molar-refractivity contribution in [3.63, 3.8) is 0 Å². The third kappa shape index (κ3) is 2.54. The van der Waals surface area contributed by atoms with Gasteiger partial charge in [-0.2, -0.15) is 0 Å². The maximum atomic E-state index is 2.35. The van der Waals surface area contributed by atoms with Crippen molar-refractivity contribution in [2.45, 2.75) is 26.2 Å². The normalized spacial score (nSPS) is 13.4. The van der Waals surface area contributed by atoms with E-state index in [2.05, 4.69) is 122 Å². The zero-order valence-corrected chi connectivity index (χ0v) is 20.0. The number of hydrogen-bond acceptors (Lipinski definition) is 0. The molecule has 0 radical (unpaired) electrons. The van der Waals surface area contributed by atoms with E-state index in [4.69, 9.17) is 0 Å². The molecule has 0 fully saturated rings. The Bertz CT molecular complexity index is 1470. The van der Waals surface area contributed by atoms with E-state index in [9.17, 15) is 0 Å². The van der Waals surface area contributed by atoms with E-state index in [1.54, 1.807) is 0 Å². The molecule has 0 bridgehead atoms. The summed E-state index contributed by atoms with van der Waals surface area (Å²) in [6.45, 7) is 6.27. The van der Waals surface area contributed by atoms with Crippen LogP contribution in [0.5, 0.6) is 0 Å². The summed E-state index contributed by atoms with van der Waals surface area (Å²) in [7, 11) is 0. The summed E-state index contributed by atoms with van der Waals surface area (Å²) in [6, 6.07) is 42.8. The third-order valence-corrected chi connectivity index (χ3v) is 7.44. The lowest BCUT2D eigenvalue weighted by Gasteiger charge is -2.36. The minimum Gasteiger partial charge on any atom is -0.0683 e. The number of rotatable bonds is 0. The lowest BCUT2D eigenvalue weighted by Crippen LogP contribution is -2.30. The van der Waals surface area contributed by atoms with Crippen LogP contribution in [0, 0.1) is 6.92 Å². The van der Waals surface area contributed by atoms with Gasteiger partial charge in [-0.1, -0.05) is 129 Å². The van der Waals surface area contributed by atoms with Crippen LogP contribution in [0.1, 0.15) is 41.7 Å². The van der Waals surface area contributed by atoms with Gasteiger partial charge in [0.15, 0.2) is 0 Å². The van der Waals surface area contributed by atoms with Crippen LogP contribution in [0.2, 0.25) is 0 Å². The quantitative estimate of drug-likeness (QED) is 0.222. The molecule has 34 heavy (non-hydrogen) atoms. The van der Waals surface area contributed by atoms with E-state index in [1.165, 1.54) is 61.2 Å². The average Bonchev–Trinajstić information content (AvgIpc) is 3.16. The highest BCUT2D eigenvalue weighted by atomic mass is 14.5. The second-order valence-corrected chi connectivity index (χ2v) is 8.93. The Balaban J connectivity index is 0.00000106. The molecule has 164 valence electrons. The van der Waals surface area contributed by atoms with E-state index in [0.29, 0.717) is 0 Å². The van der Waals surface area contributed by atoms with Crippen molar-refractivity contribution in [2.24, 2.45) is 0 Å². The molecule has 0 heterocycles. The molecule has 2 aliphatic carbocycles. The van der Waals surface area contributed by atoms with Gasteiger partial charge in [-0.25, -0.2) is 0 Å². The SMILES string of the molecule is CC.Cc1cccc2c1C1(c3ccccc3-c3ccccc3-c3ccccc31)c1ccccc1-2. The molecule has 0 aliphatic heterocycles. The summed E-state index contributed by atoms with van der Waals surface area (Å²) in [6.07, 6.45) is 0. The number of fused-ring (bicyclic) bond motifs is 12. The molecule has 2 aliphatic rings. The van der Waals surface area contributed by atoms with Crippen LogP contribution in [0.25, 0.3) is 33.4 Å². The molecular weight excluding hydrogens is 408 g/mol. The predicted octanol–water partition coefficient (Wildman–Crippen LogP) is 9.03. The maximum absolute atomic E-state index is 2.35. The summed E-state index contributed by atoms with van der Waals surface area (Å²) in [5.74, 6) is 0. The van der Waals surface area contributed by atoms with Gasteiger partial charge in [-0.15, -0.1) is 0 Å². The predicted molar refractivity (Wildman–Crippen MR) is 144 cm³/mol. The first-order valence-corrected chi connectivity index (χ1v) is 12.3. The van der Waals surface area contributed by atoms with Gasteiger partial charge in [0, 0.05) is 0 Å².